The number of fused-ring (bicyclic) bond motifs is 2. The molecular weight excluding hydrogens is 252 g/mol. The minimum absolute atomic E-state index is 0.223. The van der Waals surface area contributed by atoms with Crippen molar-refractivity contribution in [3.8, 4) is 0 Å². The lowest BCUT2D eigenvalue weighted by molar-refractivity contribution is -0.163. The summed E-state index contributed by atoms with van der Waals surface area (Å²) < 4.78 is 0. The molecule has 5 unspecified atom stereocenters. The Bertz CT molecular complexity index is 468. The molecule has 106 valence electrons. The van der Waals surface area contributed by atoms with Crippen LogP contribution in [-0.4, -0.2) is 33.2 Å². The second-order valence-corrected chi connectivity index (χ2v) is 6.49. The molecule has 0 aromatic rings. The number of hydrogen-bond donors (Lipinski definition) is 3. The van der Waals surface area contributed by atoms with Gasteiger partial charge in [-0.2, -0.15) is 0 Å². The zero-order chi connectivity index (χ0) is 14.7. The van der Waals surface area contributed by atoms with E-state index in [-0.39, 0.29) is 6.42 Å². The summed E-state index contributed by atoms with van der Waals surface area (Å²) in [5.41, 5.74) is -1.43. The molecule has 3 N–H and O–H groups in total. The smallest absolute Gasteiger partial charge is 0.307 e. The molecule has 2 rings (SSSR count). The molecule has 6 heteroatoms. The topological polar surface area (TPSA) is 112 Å². The zero-order valence-corrected chi connectivity index (χ0v) is 11.1. The molecule has 0 heterocycles. The molecule has 0 aromatic heterocycles. The first-order valence-corrected chi connectivity index (χ1v) is 6.24. The third-order valence-electron chi connectivity index (χ3n) is 5.68. The van der Waals surface area contributed by atoms with Crippen LogP contribution in [0.4, 0.5) is 0 Å². The quantitative estimate of drug-likeness (QED) is 0.709. The molecule has 19 heavy (non-hydrogen) atoms. The van der Waals surface area contributed by atoms with Crippen LogP contribution in [0, 0.1) is 34.5 Å². The molecule has 0 amide bonds. The summed E-state index contributed by atoms with van der Waals surface area (Å²) in [7, 11) is 0. The molecule has 2 bridgehead atoms. The fourth-order valence-electron chi connectivity index (χ4n) is 4.52. The van der Waals surface area contributed by atoms with E-state index in [0.717, 1.165) is 0 Å². The van der Waals surface area contributed by atoms with Gasteiger partial charge < -0.3 is 15.3 Å². The van der Waals surface area contributed by atoms with Crippen LogP contribution in [0.1, 0.15) is 27.2 Å². The van der Waals surface area contributed by atoms with E-state index in [9.17, 15) is 29.7 Å². The van der Waals surface area contributed by atoms with Gasteiger partial charge in [-0.3, -0.25) is 14.4 Å². The van der Waals surface area contributed by atoms with Gasteiger partial charge in [-0.15, -0.1) is 0 Å². The van der Waals surface area contributed by atoms with E-state index in [1.54, 1.807) is 20.8 Å². The van der Waals surface area contributed by atoms with Gasteiger partial charge in [0.1, 0.15) is 0 Å². The van der Waals surface area contributed by atoms with Crippen LogP contribution < -0.4 is 0 Å². The summed E-state index contributed by atoms with van der Waals surface area (Å²) in [5.74, 6) is -6.97. The zero-order valence-electron chi connectivity index (χ0n) is 11.1. The lowest BCUT2D eigenvalue weighted by Gasteiger charge is -2.37. The van der Waals surface area contributed by atoms with Crippen molar-refractivity contribution in [1.82, 2.24) is 0 Å². The Hall–Kier alpha value is -1.59. The largest absolute Gasteiger partial charge is 0.481 e. The number of hydrogen-bond acceptors (Lipinski definition) is 3. The van der Waals surface area contributed by atoms with Crippen LogP contribution in [0.3, 0.4) is 0 Å². The number of aliphatic carboxylic acids is 3. The van der Waals surface area contributed by atoms with E-state index in [1.165, 1.54) is 0 Å². The maximum Gasteiger partial charge on any atom is 0.307 e. The highest BCUT2D eigenvalue weighted by molar-refractivity contribution is 5.85. The number of carboxylic acid groups (broad SMARTS) is 3. The van der Waals surface area contributed by atoms with Crippen molar-refractivity contribution in [2.24, 2.45) is 34.5 Å². The number of rotatable bonds is 3. The molecule has 2 saturated carbocycles. The average molecular weight is 270 g/mol. The number of carboxylic acids is 3. The highest BCUT2D eigenvalue weighted by atomic mass is 16.4. The third-order valence-corrected chi connectivity index (χ3v) is 5.68. The highest BCUT2D eigenvalue weighted by Crippen LogP contribution is 2.72. The Morgan fingerprint density at radius 1 is 0.947 bits per heavy atom. The van der Waals surface area contributed by atoms with Crippen LogP contribution in [0.15, 0.2) is 0 Å². The van der Waals surface area contributed by atoms with Crippen LogP contribution in [0.5, 0.6) is 0 Å². The molecule has 0 saturated heterocycles. The lowest BCUT2D eigenvalue weighted by Crippen LogP contribution is -2.43. The summed E-state index contributed by atoms with van der Waals surface area (Å²) in [6.07, 6.45) is 0.223. The van der Waals surface area contributed by atoms with Gasteiger partial charge in [-0.25, -0.2) is 0 Å². The normalized spacial score (nSPS) is 43.1. The molecule has 0 aromatic carbocycles. The van der Waals surface area contributed by atoms with Gasteiger partial charge in [0.2, 0.25) is 0 Å². The Morgan fingerprint density at radius 2 is 1.47 bits per heavy atom. The van der Waals surface area contributed by atoms with E-state index >= 15 is 0 Å². The molecule has 0 spiro atoms. The fraction of sp³-hybridized carbons (Fsp3) is 0.769. The molecule has 2 aliphatic rings. The van der Waals surface area contributed by atoms with Gasteiger partial charge >= 0.3 is 17.9 Å². The summed E-state index contributed by atoms with van der Waals surface area (Å²) in [6, 6.07) is 0. The number of carbonyl (C=O) groups is 3. The van der Waals surface area contributed by atoms with Crippen molar-refractivity contribution in [3.05, 3.63) is 0 Å². The van der Waals surface area contributed by atoms with Crippen molar-refractivity contribution < 1.29 is 29.7 Å². The third kappa shape index (κ3) is 1.45. The first kappa shape index (κ1) is 13.8. The predicted molar refractivity (Wildman–Crippen MR) is 63.4 cm³/mol. The Kier molecular flexibility index (Phi) is 2.70. The molecule has 2 fully saturated rings. The summed E-state index contributed by atoms with van der Waals surface area (Å²) >= 11 is 0. The van der Waals surface area contributed by atoms with Crippen molar-refractivity contribution in [1.29, 1.82) is 0 Å². The van der Waals surface area contributed by atoms with E-state index in [4.69, 9.17) is 0 Å². The van der Waals surface area contributed by atoms with Gasteiger partial charge in [0.05, 0.1) is 17.8 Å². The van der Waals surface area contributed by atoms with E-state index in [0.29, 0.717) is 0 Å². The summed E-state index contributed by atoms with van der Waals surface area (Å²) in [4.78, 5) is 34.2. The van der Waals surface area contributed by atoms with Gasteiger partial charge in [0.15, 0.2) is 0 Å². The van der Waals surface area contributed by atoms with Crippen molar-refractivity contribution in [3.63, 3.8) is 0 Å². The second kappa shape index (κ2) is 3.71. The monoisotopic (exact) mass is 270 g/mol. The molecule has 2 aliphatic carbocycles. The van der Waals surface area contributed by atoms with Gasteiger partial charge in [0.25, 0.3) is 0 Å². The molecule has 5 atom stereocenters. The summed E-state index contributed by atoms with van der Waals surface area (Å²) in [6.45, 7) is 5.30. The molecule has 0 radical (unpaired) electrons. The van der Waals surface area contributed by atoms with E-state index in [2.05, 4.69) is 0 Å². The first-order valence-electron chi connectivity index (χ1n) is 6.24. The minimum atomic E-state index is -1.21. The standard InChI is InChI=1S/C13H18O6/c1-12(2)7-5(9(14)15)4-13(12,3)8(11(18)19)6(7)10(16)17/h5-8H,4H2,1-3H3,(H,14,15)(H,16,17)(H,18,19). The Labute approximate surface area is 110 Å². The SMILES string of the molecule is CC1(C)C2C(C(=O)O)CC1(C)C(C(=O)O)C2C(=O)O. The van der Waals surface area contributed by atoms with E-state index < -0.39 is 52.4 Å². The van der Waals surface area contributed by atoms with Crippen molar-refractivity contribution in [2.75, 3.05) is 0 Å². The maximum atomic E-state index is 11.5. The maximum absolute atomic E-state index is 11.5. The van der Waals surface area contributed by atoms with Crippen molar-refractivity contribution >= 4 is 17.9 Å². The predicted octanol–water partition coefficient (Wildman–Crippen LogP) is 1.15. The lowest BCUT2D eigenvalue weighted by atomic mass is 9.65. The Balaban J connectivity index is 2.60. The minimum Gasteiger partial charge on any atom is -0.481 e. The van der Waals surface area contributed by atoms with Gasteiger partial charge in [0, 0.05) is 0 Å². The summed E-state index contributed by atoms with van der Waals surface area (Å²) in [5, 5.41) is 28.0. The fourth-order valence-corrected chi connectivity index (χ4v) is 4.52. The van der Waals surface area contributed by atoms with Crippen molar-refractivity contribution in [2.45, 2.75) is 27.2 Å². The second-order valence-electron chi connectivity index (χ2n) is 6.49. The first-order chi connectivity index (χ1) is 8.55. The molecular formula is C13H18O6. The molecule has 0 aliphatic heterocycles. The van der Waals surface area contributed by atoms with Gasteiger partial charge in [-0.1, -0.05) is 20.8 Å². The Morgan fingerprint density at radius 3 is 1.84 bits per heavy atom. The van der Waals surface area contributed by atoms with Crippen LogP contribution in [0.2, 0.25) is 0 Å². The van der Waals surface area contributed by atoms with Gasteiger partial charge in [-0.05, 0) is 23.2 Å². The van der Waals surface area contributed by atoms with Crippen LogP contribution in [-0.2, 0) is 14.4 Å². The highest BCUT2D eigenvalue weighted by Gasteiger charge is 2.74. The van der Waals surface area contributed by atoms with Crippen LogP contribution >= 0.6 is 0 Å². The average Bonchev–Trinajstić information content (AvgIpc) is 2.55. The van der Waals surface area contributed by atoms with E-state index in [1.807, 2.05) is 0 Å². The van der Waals surface area contributed by atoms with Crippen LogP contribution in [0.25, 0.3) is 0 Å². The molecule has 6 nitrogen and oxygen atoms in total.